The summed E-state index contributed by atoms with van der Waals surface area (Å²) in [7, 11) is 0. The van der Waals surface area contributed by atoms with Gasteiger partial charge in [-0.05, 0) is 5.52 Å². The van der Waals surface area contributed by atoms with Gasteiger partial charge in [-0.1, -0.05) is 5.21 Å². The fourth-order valence-corrected chi connectivity index (χ4v) is 0.732. The molecule has 1 N–H and O–H groups in total. The summed E-state index contributed by atoms with van der Waals surface area (Å²) in [4.78, 5) is 0. The number of H-pyrrole nitrogens is 1. The van der Waals surface area contributed by atoms with Crippen molar-refractivity contribution in [3.8, 4) is 0 Å². The predicted molar refractivity (Wildman–Crippen MR) is 32.7 cm³/mol. The number of rotatable bonds is 0. The molecule has 4 heteroatoms. The molecule has 3 nitrogen and oxygen atoms in total. The predicted octanol–water partition coefficient (Wildman–Crippen LogP) is 0.756. The van der Waals surface area contributed by atoms with Gasteiger partial charge < -0.3 is 0 Å². The summed E-state index contributed by atoms with van der Waals surface area (Å²) < 4.78 is 0. The molecule has 0 aliphatic carbocycles. The van der Waals surface area contributed by atoms with Crippen LogP contribution in [0, 0.1) is 6.07 Å². The van der Waals surface area contributed by atoms with Gasteiger partial charge in [-0.2, -0.15) is 17.2 Å². The summed E-state index contributed by atoms with van der Waals surface area (Å²) in [5.41, 5.74) is 1.81. The molecule has 2 rings (SSSR count). The van der Waals surface area contributed by atoms with E-state index in [1.807, 2.05) is 12.1 Å². The van der Waals surface area contributed by atoms with E-state index in [4.69, 9.17) is 0 Å². The second-order valence-corrected chi connectivity index (χ2v) is 1.76. The molecule has 0 saturated heterocycles. The van der Waals surface area contributed by atoms with E-state index in [0.717, 1.165) is 11.0 Å². The summed E-state index contributed by atoms with van der Waals surface area (Å²) in [6, 6.07) is 8.40. The van der Waals surface area contributed by atoms with Crippen molar-refractivity contribution in [2.75, 3.05) is 0 Å². The maximum absolute atomic E-state index is 3.78. The third kappa shape index (κ3) is 1.25. The van der Waals surface area contributed by atoms with Gasteiger partial charge in [0.25, 0.3) is 0 Å². The third-order valence-electron chi connectivity index (χ3n) is 1.17. The van der Waals surface area contributed by atoms with Crippen LogP contribution in [-0.4, -0.2) is 15.4 Å². The van der Waals surface area contributed by atoms with Gasteiger partial charge in [-0.15, -0.1) is 12.1 Å². The Morgan fingerprint density at radius 3 is 3.20 bits per heavy atom. The fourth-order valence-electron chi connectivity index (χ4n) is 0.732. The Balaban J connectivity index is 0.000000500. The number of aromatic nitrogens is 3. The number of fused-ring (bicyclic) bond motifs is 1. The third-order valence-corrected chi connectivity index (χ3v) is 1.17. The Morgan fingerprint density at radius 1 is 1.50 bits per heavy atom. The van der Waals surface area contributed by atoms with Crippen LogP contribution in [0.5, 0.6) is 0 Å². The van der Waals surface area contributed by atoms with Crippen molar-refractivity contribution in [1.29, 1.82) is 0 Å². The molecule has 0 bridgehead atoms. The Labute approximate surface area is 83.1 Å². The minimum atomic E-state index is 0. The van der Waals surface area contributed by atoms with E-state index in [2.05, 4.69) is 21.5 Å². The molecule has 1 aromatic heterocycles. The number of benzene rings is 1. The Hall–Kier alpha value is -0.276. The summed E-state index contributed by atoms with van der Waals surface area (Å²) in [5.74, 6) is 0. The van der Waals surface area contributed by atoms with Crippen LogP contribution >= 0.6 is 0 Å². The van der Waals surface area contributed by atoms with Crippen molar-refractivity contribution in [3.63, 3.8) is 0 Å². The first-order chi connectivity index (χ1) is 4.47. The van der Waals surface area contributed by atoms with Gasteiger partial charge >= 0.3 is 0 Å². The first kappa shape index (κ1) is 7.83. The maximum atomic E-state index is 3.78. The average molecular weight is 207 g/mol. The standard InChI is InChI=1S/C6H4N3.Y/c1-2-4-6-5(3-1)7-9-8-6;/h1,3-4H,(H,7,8,9);/q-1;. The Morgan fingerprint density at radius 2 is 2.40 bits per heavy atom. The molecule has 0 aliphatic rings. The van der Waals surface area contributed by atoms with Crippen LogP contribution in [0.4, 0.5) is 0 Å². The van der Waals surface area contributed by atoms with E-state index >= 15 is 0 Å². The van der Waals surface area contributed by atoms with Crippen molar-refractivity contribution in [1.82, 2.24) is 15.4 Å². The SMILES string of the molecule is [Y].[c-]1ccc2[nH]nnc2c1. The number of nitrogens with zero attached hydrogens (tertiary/aromatic N) is 2. The monoisotopic (exact) mass is 207 g/mol. The number of hydrogen-bond acceptors (Lipinski definition) is 2. The topological polar surface area (TPSA) is 41.6 Å². The van der Waals surface area contributed by atoms with E-state index in [0.29, 0.717) is 0 Å². The van der Waals surface area contributed by atoms with Gasteiger partial charge in [0.1, 0.15) is 0 Å². The summed E-state index contributed by atoms with van der Waals surface area (Å²) >= 11 is 0. The Bertz CT molecular complexity index is 287. The van der Waals surface area contributed by atoms with E-state index in [9.17, 15) is 0 Å². The van der Waals surface area contributed by atoms with Gasteiger partial charge in [-0.25, -0.2) is 0 Å². The van der Waals surface area contributed by atoms with E-state index in [1.165, 1.54) is 0 Å². The molecule has 1 heterocycles. The van der Waals surface area contributed by atoms with Crippen molar-refractivity contribution in [2.24, 2.45) is 0 Å². The quantitative estimate of drug-likeness (QED) is 0.647. The van der Waals surface area contributed by atoms with Crippen LogP contribution in [-0.2, 0) is 32.7 Å². The zero-order chi connectivity index (χ0) is 6.10. The van der Waals surface area contributed by atoms with E-state index in [1.54, 1.807) is 6.07 Å². The van der Waals surface area contributed by atoms with Crippen LogP contribution < -0.4 is 0 Å². The molecule has 2 aromatic rings. The second-order valence-electron chi connectivity index (χ2n) is 1.76. The van der Waals surface area contributed by atoms with Crippen molar-refractivity contribution in [3.05, 3.63) is 24.3 Å². The summed E-state index contributed by atoms with van der Waals surface area (Å²) in [6.07, 6.45) is 0. The first-order valence-corrected chi connectivity index (χ1v) is 2.64. The van der Waals surface area contributed by atoms with Crippen LogP contribution in [0.1, 0.15) is 0 Å². The molecule has 0 aliphatic heterocycles. The molecule has 0 amide bonds. The molecule has 0 saturated carbocycles. The average Bonchev–Trinajstić information content (AvgIpc) is 2.33. The molecule has 0 spiro atoms. The fraction of sp³-hybridized carbons (Fsp3) is 0. The van der Waals surface area contributed by atoms with Gasteiger partial charge in [0.05, 0.1) is 0 Å². The summed E-state index contributed by atoms with van der Waals surface area (Å²) in [5, 5.41) is 10.1. The number of nitrogens with one attached hydrogen (secondary N) is 1. The van der Waals surface area contributed by atoms with Gasteiger partial charge in [0.2, 0.25) is 0 Å². The first-order valence-electron chi connectivity index (χ1n) is 2.64. The largest absolute Gasteiger partial charge is 0.283 e. The van der Waals surface area contributed by atoms with Crippen LogP contribution in [0.3, 0.4) is 0 Å². The van der Waals surface area contributed by atoms with Crippen LogP contribution in [0.25, 0.3) is 11.0 Å². The minimum absolute atomic E-state index is 0. The smallest absolute Gasteiger partial charge is 0.00107 e. The minimum Gasteiger partial charge on any atom is -0.283 e. The van der Waals surface area contributed by atoms with Crippen molar-refractivity contribution < 1.29 is 32.7 Å². The van der Waals surface area contributed by atoms with Gasteiger partial charge in [-0.3, -0.25) is 5.10 Å². The van der Waals surface area contributed by atoms with E-state index < -0.39 is 0 Å². The van der Waals surface area contributed by atoms with E-state index in [-0.39, 0.29) is 32.7 Å². The molecule has 0 atom stereocenters. The van der Waals surface area contributed by atoms with Gasteiger partial charge in [0, 0.05) is 38.2 Å². The second kappa shape index (κ2) is 3.21. The molecule has 1 radical (unpaired) electrons. The Kier molecular flexibility index (Phi) is 2.52. The molecule has 10 heavy (non-hydrogen) atoms. The molecular formula is C6H4N3Y-. The number of aromatic amines is 1. The van der Waals surface area contributed by atoms with Crippen molar-refractivity contribution in [2.45, 2.75) is 0 Å². The van der Waals surface area contributed by atoms with Crippen molar-refractivity contribution >= 4 is 11.0 Å². The molecule has 47 valence electrons. The summed E-state index contributed by atoms with van der Waals surface area (Å²) in [6.45, 7) is 0. The molecular weight excluding hydrogens is 203 g/mol. The van der Waals surface area contributed by atoms with Crippen LogP contribution in [0.2, 0.25) is 0 Å². The molecule has 1 aromatic carbocycles. The maximum Gasteiger partial charge on any atom is 0.00107 e. The number of hydrogen-bond donors (Lipinski definition) is 1. The van der Waals surface area contributed by atoms with Crippen LogP contribution in [0.15, 0.2) is 18.2 Å². The molecule has 0 unspecified atom stereocenters. The molecule has 0 fully saturated rings. The normalized spacial score (nSPS) is 9.20. The zero-order valence-electron chi connectivity index (χ0n) is 5.20. The zero-order valence-corrected chi connectivity index (χ0v) is 8.04. The van der Waals surface area contributed by atoms with Gasteiger partial charge in [0.15, 0.2) is 0 Å².